The minimum atomic E-state index is -1.04. The molecule has 2 aliphatic heterocycles. The van der Waals surface area contributed by atoms with Crippen LogP contribution < -0.4 is 9.47 Å². The van der Waals surface area contributed by atoms with E-state index in [1.165, 1.54) is 7.11 Å². The Morgan fingerprint density at radius 2 is 1.45 bits per heavy atom. The molecule has 1 unspecified atom stereocenters. The highest BCUT2D eigenvalue weighted by atomic mass is 16.6. The van der Waals surface area contributed by atoms with Gasteiger partial charge in [0.15, 0.2) is 17.1 Å². The van der Waals surface area contributed by atoms with Crippen LogP contribution in [0.2, 0.25) is 0 Å². The van der Waals surface area contributed by atoms with Gasteiger partial charge in [-0.15, -0.1) is 0 Å². The Hall–Kier alpha value is -4.00. The Morgan fingerprint density at radius 1 is 0.879 bits per heavy atom. The van der Waals surface area contributed by atoms with E-state index in [1.54, 1.807) is 28.0 Å². The molecule has 0 saturated carbocycles. The molecule has 0 radical (unpaired) electrons. The van der Waals surface area contributed by atoms with Gasteiger partial charge in [0.2, 0.25) is 0 Å². The summed E-state index contributed by atoms with van der Waals surface area (Å²) in [5.74, 6) is 0.829. The molecule has 0 bridgehead atoms. The van der Waals surface area contributed by atoms with Crippen molar-refractivity contribution < 1.29 is 23.8 Å². The summed E-state index contributed by atoms with van der Waals surface area (Å²) >= 11 is 0. The van der Waals surface area contributed by atoms with E-state index in [1.807, 2.05) is 66.7 Å². The number of rotatable bonds is 4. The Labute approximate surface area is 192 Å². The van der Waals surface area contributed by atoms with Gasteiger partial charge in [0.1, 0.15) is 6.04 Å². The molecule has 5 rings (SSSR count). The lowest BCUT2D eigenvalue weighted by Gasteiger charge is -2.41. The number of hydrogen-bond donors (Lipinski definition) is 0. The van der Waals surface area contributed by atoms with Crippen molar-refractivity contribution >= 4 is 12.2 Å². The molecule has 0 aromatic heterocycles. The van der Waals surface area contributed by atoms with E-state index in [-0.39, 0.29) is 12.6 Å². The number of carbonyl (C=O) groups is 2. The van der Waals surface area contributed by atoms with Crippen LogP contribution in [-0.4, -0.2) is 54.8 Å². The van der Waals surface area contributed by atoms with Crippen LogP contribution in [0.3, 0.4) is 0 Å². The minimum absolute atomic E-state index is 0.267. The molecule has 2 heterocycles. The highest BCUT2D eigenvalue weighted by molar-refractivity contribution is 5.76. The maximum absolute atomic E-state index is 13.1. The maximum atomic E-state index is 13.1. The van der Waals surface area contributed by atoms with Crippen LogP contribution in [0.4, 0.5) is 9.59 Å². The Balaban J connectivity index is 1.49. The minimum Gasteiger partial charge on any atom is -0.493 e. The fourth-order valence-electron chi connectivity index (χ4n) is 4.68. The van der Waals surface area contributed by atoms with Gasteiger partial charge in [-0.3, -0.25) is 4.90 Å². The van der Waals surface area contributed by atoms with Crippen molar-refractivity contribution in [2.45, 2.75) is 11.6 Å². The summed E-state index contributed by atoms with van der Waals surface area (Å²) in [4.78, 5) is 29.4. The van der Waals surface area contributed by atoms with E-state index in [4.69, 9.17) is 14.2 Å². The Kier molecular flexibility index (Phi) is 5.38. The SMILES string of the molecule is COc1ccccc1OC(=O)N1CCN2C(=O)OC(c3ccccc3)(c3ccccc3)C2C1. The first kappa shape index (κ1) is 20.9. The third-order valence-corrected chi connectivity index (χ3v) is 6.26. The number of carbonyl (C=O) groups excluding carboxylic acids is 2. The van der Waals surface area contributed by atoms with E-state index in [2.05, 4.69) is 0 Å². The number of nitrogens with zero attached hydrogens (tertiary/aromatic N) is 2. The first-order chi connectivity index (χ1) is 16.1. The Bertz CT molecular complexity index is 1110. The molecular formula is C26H24N2O5. The van der Waals surface area contributed by atoms with Crippen LogP contribution in [0.5, 0.6) is 11.5 Å². The highest BCUT2D eigenvalue weighted by Crippen LogP contribution is 2.45. The summed E-state index contributed by atoms with van der Waals surface area (Å²) in [6, 6.07) is 26.0. The van der Waals surface area contributed by atoms with Crippen molar-refractivity contribution in [1.29, 1.82) is 0 Å². The number of piperazine rings is 1. The van der Waals surface area contributed by atoms with Gasteiger partial charge >= 0.3 is 12.2 Å². The fourth-order valence-corrected chi connectivity index (χ4v) is 4.68. The summed E-state index contributed by atoms with van der Waals surface area (Å²) in [5.41, 5.74) is 0.678. The second kappa shape index (κ2) is 8.50. The molecule has 0 N–H and O–H groups in total. The highest BCUT2D eigenvalue weighted by Gasteiger charge is 2.58. The number of fused-ring (bicyclic) bond motifs is 1. The van der Waals surface area contributed by atoms with Gasteiger partial charge in [-0.05, 0) is 12.1 Å². The molecule has 1 atom stereocenters. The number of hydrogen-bond acceptors (Lipinski definition) is 5. The molecule has 168 valence electrons. The second-order valence-electron chi connectivity index (χ2n) is 8.01. The van der Waals surface area contributed by atoms with Crippen LogP contribution in [0.1, 0.15) is 11.1 Å². The van der Waals surface area contributed by atoms with Crippen LogP contribution in [-0.2, 0) is 10.3 Å². The zero-order valence-corrected chi connectivity index (χ0v) is 18.2. The summed E-state index contributed by atoms with van der Waals surface area (Å²) in [5, 5.41) is 0. The molecule has 33 heavy (non-hydrogen) atoms. The van der Waals surface area contributed by atoms with E-state index in [0.29, 0.717) is 24.6 Å². The third-order valence-electron chi connectivity index (χ3n) is 6.26. The van der Waals surface area contributed by atoms with Crippen LogP contribution in [0, 0.1) is 0 Å². The topological polar surface area (TPSA) is 68.3 Å². The summed E-state index contributed by atoms with van der Waals surface area (Å²) in [6.45, 7) is 0.967. The van der Waals surface area contributed by atoms with Crippen LogP contribution in [0.15, 0.2) is 84.9 Å². The number of methoxy groups -OCH3 is 1. The van der Waals surface area contributed by atoms with Gasteiger partial charge in [0.25, 0.3) is 0 Å². The van der Waals surface area contributed by atoms with Gasteiger partial charge in [-0.2, -0.15) is 0 Å². The lowest BCUT2D eigenvalue weighted by atomic mass is 9.79. The molecule has 7 nitrogen and oxygen atoms in total. The van der Waals surface area contributed by atoms with Crippen LogP contribution in [0.25, 0.3) is 0 Å². The van der Waals surface area contributed by atoms with E-state index >= 15 is 0 Å². The fraction of sp³-hybridized carbons (Fsp3) is 0.231. The van der Waals surface area contributed by atoms with Crippen molar-refractivity contribution in [3.8, 4) is 11.5 Å². The molecule has 3 aromatic carbocycles. The molecule has 0 spiro atoms. The number of para-hydroxylation sites is 2. The van der Waals surface area contributed by atoms with E-state index < -0.39 is 17.7 Å². The molecule has 7 heteroatoms. The molecule has 2 saturated heterocycles. The van der Waals surface area contributed by atoms with E-state index in [9.17, 15) is 9.59 Å². The molecular weight excluding hydrogens is 420 g/mol. The van der Waals surface area contributed by atoms with Crippen molar-refractivity contribution in [3.05, 3.63) is 96.1 Å². The van der Waals surface area contributed by atoms with Gasteiger partial charge in [-0.1, -0.05) is 72.8 Å². The van der Waals surface area contributed by atoms with E-state index in [0.717, 1.165) is 11.1 Å². The predicted molar refractivity (Wildman–Crippen MR) is 121 cm³/mol. The average molecular weight is 444 g/mol. The largest absolute Gasteiger partial charge is 0.493 e. The van der Waals surface area contributed by atoms with Crippen molar-refractivity contribution in [3.63, 3.8) is 0 Å². The molecule has 2 aliphatic rings. The third kappa shape index (κ3) is 3.55. The number of amides is 2. The zero-order valence-electron chi connectivity index (χ0n) is 18.2. The molecule has 2 fully saturated rings. The Morgan fingerprint density at radius 3 is 2.06 bits per heavy atom. The predicted octanol–water partition coefficient (Wildman–Crippen LogP) is 4.27. The van der Waals surface area contributed by atoms with Crippen LogP contribution >= 0.6 is 0 Å². The zero-order chi connectivity index (χ0) is 22.8. The summed E-state index contributed by atoms with van der Waals surface area (Å²) in [7, 11) is 1.53. The first-order valence-corrected chi connectivity index (χ1v) is 10.8. The average Bonchev–Trinajstić information content (AvgIpc) is 3.18. The quantitative estimate of drug-likeness (QED) is 0.601. The number of cyclic esters (lactones) is 1. The van der Waals surface area contributed by atoms with Gasteiger partial charge in [0.05, 0.1) is 7.11 Å². The lowest BCUT2D eigenvalue weighted by Crippen LogP contribution is -2.58. The second-order valence-corrected chi connectivity index (χ2v) is 8.01. The standard InChI is InChI=1S/C26H24N2O5/c1-31-21-14-8-9-15-22(21)32-24(29)27-16-17-28-23(18-27)26(33-25(28)30,19-10-4-2-5-11-19)20-12-6-3-7-13-20/h2-15,23H,16-18H2,1H3. The van der Waals surface area contributed by atoms with Gasteiger partial charge < -0.3 is 19.1 Å². The molecule has 3 aromatic rings. The number of benzene rings is 3. The molecule has 0 aliphatic carbocycles. The summed E-state index contributed by atoms with van der Waals surface area (Å²) in [6.07, 6.45) is -0.876. The monoisotopic (exact) mass is 444 g/mol. The van der Waals surface area contributed by atoms with Crippen molar-refractivity contribution in [1.82, 2.24) is 9.80 Å². The summed E-state index contributed by atoms with van der Waals surface area (Å²) < 4.78 is 17.1. The van der Waals surface area contributed by atoms with Gasteiger partial charge in [-0.25, -0.2) is 9.59 Å². The van der Waals surface area contributed by atoms with Gasteiger partial charge in [0, 0.05) is 30.8 Å². The smallest absolute Gasteiger partial charge is 0.415 e. The normalized spacial score (nSPS) is 18.9. The van der Waals surface area contributed by atoms with Crippen molar-refractivity contribution in [2.24, 2.45) is 0 Å². The number of ether oxygens (including phenoxy) is 3. The lowest BCUT2D eigenvalue weighted by molar-refractivity contribution is 0.0455. The first-order valence-electron chi connectivity index (χ1n) is 10.8. The van der Waals surface area contributed by atoms with Crippen molar-refractivity contribution in [2.75, 3.05) is 26.7 Å². The molecule has 2 amide bonds. The maximum Gasteiger partial charge on any atom is 0.415 e.